The van der Waals surface area contributed by atoms with Crippen molar-refractivity contribution in [3.63, 3.8) is 0 Å². The molecule has 0 saturated carbocycles. The molecule has 28 heavy (non-hydrogen) atoms. The standard InChI is InChI=1S/C18H15F3N2O3S2/c1-26-9-15-8-14(6-7-22-15)17-23-16(10-27-17)13-4-2-12(3-5-13)11-28(24,25)18(19,20)21/h2-8,10H,9,11H2,1H3. The van der Waals surface area contributed by atoms with Crippen LogP contribution in [0.2, 0.25) is 0 Å². The molecule has 0 fully saturated rings. The third-order valence-corrected chi connectivity index (χ3v) is 6.13. The van der Waals surface area contributed by atoms with Gasteiger partial charge in [0.05, 0.1) is 23.7 Å². The van der Waals surface area contributed by atoms with Crippen LogP contribution >= 0.6 is 11.3 Å². The van der Waals surface area contributed by atoms with Crippen molar-refractivity contribution in [2.24, 2.45) is 0 Å². The van der Waals surface area contributed by atoms with E-state index in [-0.39, 0.29) is 5.56 Å². The largest absolute Gasteiger partial charge is 0.497 e. The van der Waals surface area contributed by atoms with E-state index in [1.165, 1.54) is 23.5 Å². The normalized spacial score (nSPS) is 12.3. The lowest BCUT2D eigenvalue weighted by atomic mass is 10.1. The van der Waals surface area contributed by atoms with Crippen LogP contribution in [0.5, 0.6) is 0 Å². The maximum absolute atomic E-state index is 12.5. The molecule has 2 heterocycles. The Bertz CT molecular complexity index is 1060. The number of methoxy groups -OCH3 is 1. The van der Waals surface area contributed by atoms with E-state index in [9.17, 15) is 21.6 Å². The van der Waals surface area contributed by atoms with Crippen LogP contribution in [0, 0.1) is 0 Å². The number of hydrogen-bond acceptors (Lipinski definition) is 6. The first-order chi connectivity index (χ1) is 13.2. The Morgan fingerprint density at radius 2 is 1.82 bits per heavy atom. The van der Waals surface area contributed by atoms with Gasteiger partial charge in [0.1, 0.15) is 5.01 Å². The SMILES string of the molecule is COCc1cc(-c2nc(-c3ccc(CS(=O)(=O)C(F)(F)F)cc3)cs2)ccn1. The number of nitrogens with zero attached hydrogens (tertiary/aromatic N) is 2. The number of halogens is 3. The zero-order chi connectivity index (χ0) is 20.4. The highest BCUT2D eigenvalue weighted by molar-refractivity contribution is 7.91. The molecule has 3 aromatic rings. The predicted molar refractivity (Wildman–Crippen MR) is 100 cm³/mol. The summed E-state index contributed by atoms with van der Waals surface area (Å²) in [6, 6.07) is 9.54. The summed E-state index contributed by atoms with van der Waals surface area (Å²) in [5.74, 6) is -1.08. The second-order valence-electron chi connectivity index (χ2n) is 5.91. The summed E-state index contributed by atoms with van der Waals surface area (Å²) >= 11 is 1.42. The van der Waals surface area contributed by atoms with E-state index in [1.807, 2.05) is 17.5 Å². The maximum Gasteiger partial charge on any atom is 0.497 e. The van der Waals surface area contributed by atoms with Gasteiger partial charge < -0.3 is 4.74 Å². The van der Waals surface area contributed by atoms with Gasteiger partial charge in [-0.25, -0.2) is 13.4 Å². The van der Waals surface area contributed by atoms with Gasteiger partial charge in [0.2, 0.25) is 0 Å². The first-order valence-electron chi connectivity index (χ1n) is 7.98. The number of alkyl halides is 3. The summed E-state index contributed by atoms with van der Waals surface area (Å²) in [6.07, 6.45) is 1.67. The van der Waals surface area contributed by atoms with Gasteiger partial charge in [0.15, 0.2) is 0 Å². The molecular weight excluding hydrogens is 413 g/mol. The molecule has 5 nitrogen and oxygen atoms in total. The van der Waals surface area contributed by atoms with Crippen molar-refractivity contribution in [1.82, 2.24) is 9.97 Å². The number of rotatable bonds is 6. The molecule has 0 N–H and O–H groups in total. The van der Waals surface area contributed by atoms with Crippen molar-refractivity contribution >= 4 is 21.2 Å². The third kappa shape index (κ3) is 4.57. The Kier molecular flexibility index (Phi) is 5.82. The highest BCUT2D eigenvalue weighted by Gasteiger charge is 2.45. The van der Waals surface area contributed by atoms with Crippen LogP contribution in [-0.4, -0.2) is 31.0 Å². The molecule has 3 rings (SSSR count). The van der Waals surface area contributed by atoms with Crippen LogP contribution in [-0.2, 0) is 26.9 Å². The third-order valence-electron chi connectivity index (χ3n) is 3.82. The smallest absolute Gasteiger partial charge is 0.378 e. The van der Waals surface area contributed by atoms with Gasteiger partial charge >= 0.3 is 5.51 Å². The van der Waals surface area contributed by atoms with Gasteiger partial charge in [-0.2, -0.15) is 13.2 Å². The fraction of sp³-hybridized carbons (Fsp3) is 0.222. The molecular formula is C18H15F3N2O3S2. The number of sulfone groups is 1. The Balaban J connectivity index is 1.80. The Morgan fingerprint density at radius 3 is 2.46 bits per heavy atom. The molecule has 148 valence electrons. The van der Waals surface area contributed by atoms with Crippen LogP contribution < -0.4 is 0 Å². The molecule has 0 bridgehead atoms. The summed E-state index contributed by atoms with van der Waals surface area (Å²) in [5.41, 5.74) is -2.22. The van der Waals surface area contributed by atoms with Crippen LogP contribution in [0.4, 0.5) is 13.2 Å². The molecule has 0 unspecified atom stereocenters. The van der Waals surface area contributed by atoms with E-state index in [4.69, 9.17) is 4.74 Å². The number of ether oxygens (including phenoxy) is 1. The average molecular weight is 428 g/mol. The minimum absolute atomic E-state index is 0.0647. The van der Waals surface area contributed by atoms with Crippen molar-refractivity contribution in [1.29, 1.82) is 0 Å². The quantitative estimate of drug-likeness (QED) is 0.580. The average Bonchev–Trinajstić information content (AvgIpc) is 3.12. The Labute approximate surface area is 163 Å². The van der Waals surface area contributed by atoms with Gasteiger partial charge in [-0.05, 0) is 17.7 Å². The van der Waals surface area contributed by atoms with Crippen molar-refractivity contribution in [2.75, 3.05) is 7.11 Å². The highest BCUT2D eigenvalue weighted by Crippen LogP contribution is 2.30. The van der Waals surface area contributed by atoms with Crippen LogP contribution in [0.3, 0.4) is 0 Å². The lowest BCUT2D eigenvalue weighted by Gasteiger charge is -2.08. The van der Waals surface area contributed by atoms with Crippen molar-refractivity contribution in [3.8, 4) is 21.8 Å². The van der Waals surface area contributed by atoms with Crippen molar-refractivity contribution < 1.29 is 26.3 Å². The summed E-state index contributed by atoms with van der Waals surface area (Å²) in [5, 5.41) is 2.59. The fourth-order valence-corrected chi connectivity index (χ4v) is 4.07. The lowest BCUT2D eigenvalue weighted by molar-refractivity contribution is -0.0437. The molecule has 0 spiro atoms. The molecule has 10 heteroatoms. The van der Waals surface area contributed by atoms with Gasteiger partial charge in [-0.1, -0.05) is 24.3 Å². The van der Waals surface area contributed by atoms with Crippen molar-refractivity contribution in [2.45, 2.75) is 17.9 Å². The summed E-state index contributed by atoms with van der Waals surface area (Å²) in [4.78, 5) is 8.75. The number of hydrogen-bond donors (Lipinski definition) is 0. The first kappa shape index (κ1) is 20.4. The second kappa shape index (κ2) is 7.98. The highest BCUT2D eigenvalue weighted by atomic mass is 32.2. The topological polar surface area (TPSA) is 69.2 Å². The molecule has 0 aliphatic rings. The van der Waals surface area contributed by atoms with E-state index >= 15 is 0 Å². The van der Waals surface area contributed by atoms with E-state index in [0.29, 0.717) is 17.9 Å². The zero-order valence-electron chi connectivity index (χ0n) is 14.6. The van der Waals surface area contributed by atoms with E-state index in [1.54, 1.807) is 25.4 Å². The monoisotopic (exact) mass is 428 g/mol. The Morgan fingerprint density at radius 1 is 1.11 bits per heavy atom. The van der Waals surface area contributed by atoms with Crippen LogP contribution in [0.15, 0.2) is 48.0 Å². The molecule has 0 radical (unpaired) electrons. The minimum atomic E-state index is -5.26. The number of aromatic nitrogens is 2. The molecule has 0 aliphatic heterocycles. The van der Waals surface area contributed by atoms with Crippen LogP contribution in [0.25, 0.3) is 21.8 Å². The molecule has 1 aromatic carbocycles. The van der Waals surface area contributed by atoms with Gasteiger partial charge in [0, 0.05) is 29.8 Å². The second-order valence-corrected chi connectivity index (χ2v) is 8.75. The molecule has 0 aliphatic carbocycles. The van der Waals surface area contributed by atoms with E-state index in [0.717, 1.165) is 16.3 Å². The number of pyridine rings is 1. The molecule has 0 saturated heterocycles. The molecule has 2 aromatic heterocycles. The Hall–Kier alpha value is -2.30. The summed E-state index contributed by atoms with van der Waals surface area (Å²) < 4.78 is 65.1. The number of benzene rings is 1. The fourth-order valence-electron chi connectivity index (χ4n) is 2.45. The van der Waals surface area contributed by atoms with Crippen LogP contribution in [0.1, 0.15) is 11.3 Å². The van der Waals surface area contributed by atoms with Crippen molar-refractivity contribution in [3.05, 3.63) is 59.2 Å². The first-order valence-corrected chi connectivity index (χ1v) is 10.5. The lowest BCUT2D eigenvalue weighted by Crippen LogP contribution is -2.24. The van der Waals surface area contributed by atoms with Gasteiger partial charge in [-0.3, -0.25) is 4.98 Å². The van der Waals surface area contributed by atoms with Gasteiger partial charge in [0.25, 0.3) is 9.84 Å². The maximum atomic E-state index is 12.5. The molecule has 0 amide bonds. The predicted octanol–water partition coefficient (Wildman–Crippen LogP) is 4.45. The zero-order valence-corrected chi connectivity index (χ0v) is 16.2. The van der Waals surface area contributed by atoms with E-state index in [2.05, 4.69) is 9.97 Å². The minimum Gasteiger partial charge on any atom is -0.378 e. The van der Waals surface area contributed by atoms with E-state index < -0.39 is 21.1 Å². The molecule has 0 atom stereocenters. The number of thiazole rings is 1. The summed E-state index contributed by atoms with van der Waals surface area (Å²) in [6.45, 7) is 0.383. The summed E-state index contributed by atoms with van der Waals surface area (Å²) in [7, 11) is -3.62. The van der Waals surface area contributed by atoms with Gasteiger partial charge in [-0.15, -0.1) is 11.3 Å².